The van der Waals surface area contributed by atoms with Gasteiger partial charge in [0.2, 0.25) is 0 Å². The molecular formula is C15H15ClN2O2. The normalized spacial score (nSPS) is 10.3. The molecule has 0 saturated heterocycles. The number of aryl methyl sites for hydroxylation is 1. The Labute approximate surface area is 122 Å². The quantitative estimate of drug-likeness (QED) is 0.877. The van der Waals surface area contributed by atoms with Crippen molar-refractivity contribution in [3.05, 3.63) is 58.2 Å². The average Bonchev–Trinajstić information content (AvgIpc) is 2.37. The summed E-state index contributed by atoms with van der Waals surface area (Å²) in [7, 11) is 1.85. The molecular weight excluding hydrogens is 276 g/mol. The number of pyridine rings is 1. The number of rotatable bonds is 4. The number of carboxylic acid groups (broad SMARTS) is 1. The van der Waals surface area contributed by atoms with Gasteiger partial charge in [-0.2, -0.15) is 0 Å². The van der Waals surface area contributed by atoms with Crippen molar-refractivity contribution in [3.63, 3.8) is 0 Å². The zero-order valence-corrected chi connectivity index (χ0v) is 12.1. The molecule has 104 valence electrons. The minimum Gasteiger partial charge on any atom is -0.478 e. The number of benzene rings is 1. The summed E-state index contributed by atoms with van der Waals surface area (Å²) in [5.41, 5.74) is 2.45. The largest absolute Gasteiger partial charge is 0.478 e. The van der Waals surface area contributed by atoms with Gasteiger partial charge in [-0.05, 0) is 24.6 Å². The van der Waals surface area contributed by atoms with Gasteiger partial charge >= 0.3 is 5.97 Å². The summed E-state index contributed by atoms with van der Waals surface area (Å²) in [6.45, 7) is 2.66. The maximum Gasteiger partial charge on any atom is 0.335 e. The fourth-order valence-electron chi connectivity index (χ4n) is 1.97. The Balaban J connectivity index is 2.25. The monoisotopic (exact) mass is 290 g/mol. The van der Waals surface area contributed by atoms with Crippen LogP contribution in [-0.4, -0.2) is 23.1 Å². The first-order valence-corrected chi connectivity index (χ1v) is 6.51. The van der Waals surface area contributed by atoms with Crippen LogP contribution >= 0.6 is 11.6 Å². The number of aromatic carboxylic acids is 1. The van der Waals surface area contributed by atoms with Crippen LogP contribution in [0.3, 0.4) is 0 Å². The summed E-state index contributed by atoms with van der Waals surface area (Å²) in [5, 5.41) is 9.21. The third kappa shape index (κ3) is 3.48. The van der Waals surface area contributed by atoms with E-state index in [-0.39, 0.29) is 10.7 Å². The summed E-state index contributed by atoms with van der Waals surface area (Å²) < 4.78 is 0. The standard InChI is InChI=1S/C15H15ClN2O2/c1-10-4-3-5-11(6-10)9-18(2)14-8-12(15(19)20)7-13(16)17-14/h3-8H,9H2,1-2H3,(H,19,20). The molecule has 0 fully saturated rings. The van der Waals surface area contributed by atoms with Gasteiger partial charge in [-0.25, -0.2) is 9.78 Å². The van der Waals surface area contributed by atoms with E-state index in [0.717, 1.165) is 5.56 Å². The van der Waals surface area contributed by atoms with E-state index < -0.39 is 5.97 Å². The van der Waals surface area contributed by atoms with E-state index in [1.54, 1.807) is 0 Å². The molecule has 0 aliphatic heterocycles. The number of carboxylic acids is 1. The first-order valence-electron chi connectivity index (χ1n) is 6.13. The van der Waals surface area contributed by atoms with Crippen molar-refractivity contribution in [2.75, 3.05) is 11.9 Å². The Morgan fingerprint density at radius 1 is 1.35 bits per heavy atom. The predicted octanol–water partition coefficient (Wildman–Crippen LogP) is 3.38. The predicted molar refractivity (Wildman–Crippen MR) is 79.5 cm³/mol. The van der Waals surface area contributed by atoms with Gasteiger partial charge in [0, 0.05) is 13.6 Å². The SMILES string of the molecule is Cc1cccc(CN(C)c2cc(C(=O)O)cc(Cl)n2)c1. The van der Waals surface area contributed by atoms with E-state index in [1.165, 1.54) is 17.7 Å². The van der Waals surface area contributed by atoms with Crippen molar-refractivity contribution in [2.24, 2.45) is 0 Å². The van der Waals surface area contributed by atoms with Gasteiger partial charge < -0.3 is 10.0 Å². The molecule has 4 nitrogen and oxygen atoms in total. The van der Waals surface area contributed by atoms with E-state index in [4.69, 9.17) is 16.7 Å². The number of anilines is 1. The first kappa shape index (κ1) is 14.3. The molecule has 0 saturated carbocycles. The minimum absolute atomic E-state index is 0.135. The molecule has 20 heavy (non-hydrogen) atoms. The highest BCUT2D eigenvalue weighted by molar-refractivity contribution is 6.29. The fraction of sp³-hybridized carbons (Fsp3) is 0.200. The molecule has 1 heterocycles. The Morgan fingerprint density at radius 2 is 2.10 bits per heavy atom. The number of aromatic nitrogens is 1. The van der Waals surface area contributed by atoms with Gasteiger partial charge in [0.05, 0.1) is 5.56 Å². The third-order valence-electron chi connectivity index (χ3n) is 2.92. The van der Waals surface area contributed by atoms with Gasteiger partial charge in [-0.3, -0.25) is 0 Å². The number of halogens is 1. The smallest absolute Gasteiger partial charge is 0.335 e. The number of hydrogen-bond donors (Lipinski definition) is 1. The molecule has 0 aliphatic rings. The average molecular weight is 291 g/mol. The lowest BCUT2D eigenvalue weighted by Crippen LogP contribution is -2.18. The van der Waals surface area contributed by atoms with Crippen molar-refractivity contribution < 1.29 is 9.90 Å². The van der Waals surface area contributed by atoms with Crippen molar-refractivity contribution in [1.82, 2.24) is 4.98 Å². The van der Waals surface area contributed by atoms with Gasteiger partial charge in [-0.15, -0.1) is 0 Å². The Hall–Kier alpha value is -2.07. The summed E-state index contributed by atoms with van der Waals surface area (Å²) in [4.78, 5) is 17.1. The molecule has 0 amide bonds. The van der Waals surface area contributed by atoms with Crippen molar-refractivity contribution in [2.45, 2.75) is 13.5 Å². The molecule has 0 atom stereocenters. The number of nitrogens with zero attached hydrogens (tertiary/aromatic N) is 2. The highest BCUT2D eigenvalue weighted by Crippen LogP contribution is 2.19. The van der Waals surface area contributed by atoms with E-state index >= 15 is 0 Å². The van der Waals surface area contributed by atoms with Crippen molar-refractivity contribution in [3.8, 4) is 0 Å². The second-order valence-electron chi connectivity index (χ2n) is 4.69. The van der Waals surface area contributed by atoms with Crippen LogP contribution in [0.25, 0.3) is 0 Å². The van der Waals surface area contributed by atoms with E-state index in [9.17, 15) is 4.79 Å². The van der Waals surface area contributed by atoms with Crippen LogP contribution in [0.2, 0.25) is 5.15 Å². The van der Waals surface area contributed by atoms with Crippen LogP contribution in [0.15, 0.2) is 36.4 Å². The van der Waals surface area contributed by atoms with Crippen LogP contribution in [0.5, 0.6) is 0 Å². The number of carbonyl (C=O) groups is 1. The Morgan fingerprint density at radius 3 is 2.75 bits per heavy atom. The summed E-state index contributed by atoms with van der Waals surface area (Å²) in [5.74, 6) is -0.476. The second kappa shape index (κ2) is 5.92. The van der Waals surface area contributed by atoms with Crippen LogP contribution < -0.4 is 4.90 Å². The van der Waals surface area contributed by atoms with Crippen molar-refractivity contribution >= 4 is 23.4 Å². The van der Waals surface area contributed by atoms with Crippen LogP contribution in [0.1, 0.15) is 21.5 Å². The lowest BCUT2D eigenvalue weighted by atomic mass is 10.1. The lowest BCUT2D eigenvalue weighted by molar-refractivity contribution is 0.0697. The second-order valence-corrected chi connectivity index (χ2v) is 5.07. The van der Waals surface area contributed by atoms with E-state index in [1.807, 2.05) is 37.1 Å². The maximum absolute atomic E-state index is 11.0. The van der Waals surface area contributed by atoms with E-state index in [0.29, 0.717) is 12.4 Å². The highest BCUT2D eigenvalue weighted by atomic mass is 35.5. The Kier molecular flexibility index (Phi) is 4.25. The van der Waals surface area contributed by atoms with E-state index in [2.05, 4.69) is 11.1 Å². The first-order chi connectivity index (χ1) is 9.45. The molecule has 2 rings (SSSR count). The Bertz CT molecular complexity index is 644. The van der Waals surface area contributed by atoms with Gasteiger partial charge in [0.25, 0.3) is 0 Å². The van der Waals surface area contributed by atoms with Crippen LogP contribution in [0.4, 0.5) is 5.82 Å². The summed E-state index contributed by atoms with van der Waals surface area (Å²) in [6.07, 6.45) is 0. The third-order valence-corrected chi connectivity index (χ3v) is 3.11. The highest BCUT2D eigenvalue weighted by Gasteiger charge is 2.11. The summed E-state index contributed by atoms with van der Waals surface area (Å²) in [6, 6.07) is 11.0. The zero-order valence-electron chi connectivity index (χ0n) is 11.3. The molecule has 1 N–H and O–H groups in total. The molecule has 5 heteroatoms. The molecule has 1 aromatic carbocycles. The summed E-state index contributed by atoms with van der Waals surface area (Å²) >= 11 is 5.87. The zero-order chi connectivity index (χ0) is 14.7. The topological polar surface area (TPSA) is 53.4 Å². The minimum atomic E-state index is -1.01. The van der Waals surface area contributed by atoms with Crippen LogP contribution in [-0.2, 0) is 6.54 Å². The molecule has 0 spiro atoms. The lowest BCUT2D eigenvalue weighted by Gasteiger charge is -2.19. The fourth-order valence-corrected chi connectivity index (χ4v) is 2.17. The molecule has 1 aromatic heterocycles. The molecule has 0 aliphatic carbocycles. The molecule has 0 radical (unpaired) electrons. The van der Waals surface area contributed by atoms with Gasteiger partial charge in [0.15, 0.2) is 0 Å². The van der Waals surface area contributed by atoms with Crippen molar-refractivity contribution in [1.29, 1.82) is 0 Å². The molecule has 0 unspecified atom stereocenters. The molecule has 0 bridgehead atoms. The van der Waals surface area contributed by atoms with Gasteiger partial charge in [-0.1, -0.05) is 41.4 Å². The van der Waals surface area contributed by atoms with Gasteiger partial charge in [0.1, 0.15) is 11.0 Å². The maximum atomic E-state index is 11.0. The van der Waals surface area contributed by atoms with Crippen LogP contribution in [0, 0.1) is 6.92 Å². The number of hydrogen-bond acceptors (Lipinski definition) is 3. The molecule has 2 aromatic rings.